The van der Waals surface area contributed by atoms with Crippen LogP contribution in [0, 0.1) is 0 Å². The third-order valence-electron chi connectivity index (χ3n) is 2.02. The first-order valence-electron chi connectivity index (χ1n) is 4.83. The molecule has 1 aromatic carbocycles. The van der Waals surface area contributed by atoms with Gasteiger partial charge in [-0.2, -0.15) is 0 Å². The third kappa shape index (κ3) is 3.71. The fraction of sp³-hybridized carbons (Fsp3) is 0.400. The van der Waals surface area contributed by atoms with Crippen LogP contribution < -0.4 is 9.62 Å². The van der Waals surface area contributed by atoms with Crippen LogP contribution in [-0.2, 0) is 10.0 Å². The zero-order valence-corrected chi connectivity index (χ0v) is 10.2. The summed E-state index contributed by atoms with van der Waals surface area (Å²) in [5.74, 6) is -0.289. The number of aliphatic hydroxyl groups is 1. The number of nitrogens with one attached hydrogen (secondary N) is 1. The highest BCUT2D eigenvalue weighted by Crippen LogP contribution is 2.16. The summed E-state index contributed by atoms with van der Waals surface area (Å²) in [4.78, 5) is 1.92. The number of hydrogen-bond donors (Lipinski definition) is 2. The molecule has 0 unspecified atom stereocenters. The number of anilines is 2. The zero-order chi connectivity index (χ0) is 12.2. The van der Waals surface area contributed by atoms with Crippen molar-refractivity contribution in [3.63, 3.8) is 0 Å². The van der Waals surface area contributed by atoms with Gasteiger partial charge in [0.2, 0.25) is 10.0 Å². The van der Waals surface area contributed by atoms with Crippen LogP contribution in [-0.4, -0.2) is 40.0 Å². The minimum atomic E-state index is -3.43. The van der Waals surface area contributed by atoms with E-state index in [0.29, 0.717) is 5.69 Å². The van der Waals surface area contributed by atoms with E-state index >= 15 is 0 Å². The Bertz CT molecular complexity index is 426. The van der Waals surface area contributed by atoms with Gasteiger partial charge in [0, 0.05) is 25.5 Å². The summed E-state index contributed by atoms with van der Waals surface area (Å²) in [7, 11) is 0.384. The first-order chi connectivity index (χ1) is 7.44. The Morgan fingerprint density at radius 3 is 2.25 bits per heavy atom. The highest BCUT2D eigenvalue weighted by molar-refractivity contribution is 7.92. The lowest BCUT2D eigenvalue weighted by Crippen LogP contribution is -2.18. The maximum Gasteiger partial charge on any atom is 0.234 e. The molecule has 0 atom stereocenters. The van der Waals surface area contributed by atoms with Crippen LogP contribution >= 0.6 is 0 Å². The molecule has 0 aliphatic heterocycles. The van der Waals surface area contributed by atoms with Gasteiger partial charge in [-0.3, -0.25) is 4.72 Å². The highest BCUT2D eigenvalue weighted by atomic mass is 32.2. The van der Waals surface area contributed by atoms with Gasteiger partial charge in [0.25, 0.3) is 0 Å². The van der Waals surface area contributed by atoms with Gasteiger partial charge in [-0.1, -0.05) is 0 Å². The van der Waals surface area contributed by atoms with Crippen molar-refractivity contribution in [1.82, 2.24) is 0 Å². The van der Waals surface area contributed by atoms with E-state index in [1.807, 2.05) is 31.1 Å². The molecule has 6 heteroatoms. The Kier molecular flexibility index (Phi) is 4.14. The average molecular weight is 244 g/mol. The topological polar surface area (TPSA) is 69.6 Å². The van der Waals surface area contributed by atoms with Gasteiger partial charge in [0.1, 0.15) is 0 Å². The molecule has 1 rings (SSSR count). The number of aliphatic hydroxyl groups excluding tert-OH is 1. The molecular formula is C10H16N2O3S. The highest BCUT2D eigenvalue weighted by Gasteiger charge is 2.08. The number of rotatable bonds is 5. The number of nitrogens with zero attached hydrogens (tertiary/aromatic N) is 1. The molecule has 0 saturated carbocycles. The van der Waals surface area contributed by atoms with Gasteiger partial charge in [0.05, 0.1) is 12.4 Å². The summed E-state index contributed by atoms with van der Waals surface area (Å²) in [6.07, 6.45) is 0. The lowest BCUT2D eigenvalue weighted by molar-refractivity contribution is 0.320. The van der Waals surface area contributed by atoms with Crippen molar-refractivity contribution in [2.24, 2.45) is 0 Å². The number of hydrogen-bond acceptors (Lipinski definition) is 4. The Labute approximate surface area is 95.8 Å². The van der Waals surface area contributed by atoms with Crippen LogP contribution in [0.5, 0.6) is 0 Å². The summed E-state index contributed by atoms with van der Waals surface area (Å²) in [5, 5.41) is 8.57. The van der Waals surface area contributed by atoms with E-state index < -0.39 is 10.0 Å². The smallest absolute Gasteiger partial charge is 0.234 e. The van der Waals surface area contributed by atoms with E-state index in [1.165, 1.54) is 0 Å². The molecule has 1 aromatic rings. The van der Waals surface area contributed by atoms with Crippen LogP contribution in [0.15, 0.2) is 24.3 Å². The number of sulfonamides is 1. The third-order valence-corrected chi connectivity index (χ3v) is 3.28. The minimum Gasteiger partial charge on any atom is -0.395 e. The van der Waals surface area contributed by atoms with Crippen LogP contribution in [0.1, 0.15) is 0 Å². The second kappa shape index (κ2) is 5.18. The van der Waals surface area contributed by atoms with Crippen molar-refractivity contribution in [2.75, 3.05) is 36.1 Å². The summed E-state index contributed by atoms with van der Waals surface area (Å²) >= 11 is 0. The van der Waals surface area contributed by atoms with E-state index in [9.17, 15) is 8.42 Å². The number of benzene rings is 1. The normalized spacial score (nSPS) is 11.2. The van der Waals surface area contributed by atoms with Gasteiger partial charge in [-0.15, -0.1) is 0 Å². The van der Waals surface area contributed by atoms with E-state index in [0.717, 1.165) is 5.69 Å². The van der Waals surface area contributed by atoms with E-state index in [4.69, 9.17) is 5.11 Å². The molecule has 90 valence electrons. The maximum atomic E-state index is 11.3. The van der Waals surface area contributed by atoms with Gasteiger partial charge < -0.3 is 10.0 Å². The summed E-state index contributed by atoms with van der Waals surface area (Å²) < 4.78 is 25.1. The first-order valence-corrected chi connectivity index (χ1v) is 6.48. The van der Waals surface area contributed by atoms with Crippen molar-refractivity contribution < 1.29 is 13.5 Å². The quantitative estimate of drug-likeness (QED) is 0.790. The monoisotopic (exact) mass is 244 g/mol. The molecule has 0 aromatic heterocycles. The maximum absolute atomic E-state index is 11.3. The standard InChI is InChI=1S/C10H16N2O3S/c1-12(2)10-5-3-9(4-6-10)11-16(14,15)8-7-13/h3-6,11,13H,7-8H2,1-2H3. The first kappa shape index (κ1) is 12.8. The molecule has 0 fully saturated rings. The molecule has 0 radical (unpaired) electrons. The molecule has 2 N–H and O–H groups in total. The second-order valence-electron chi connectivity index (χ2n) is 3.59. The second-order valence-corrected chi connectivity index (χ2v) is 5.43. The van der Waals surface area contributed by atoms with Crippen LogP contribution in [0.2, 0.25) is 0 Å². The van der Waals surface area contributed by atoms with Crippen molar-refractivity contribution in [3.05, 3.63) is 24.3 Å². The molecular weight excluding hydrogens is 228 g/mol. The largest absolute Gasteiger partial charge is 0.395 e. The molecule has 0 spiro atoms. The van der Waals surface area contributed by atoms with Gasteiger partial charge >= 0.3 is 0 Å². The average Bonchev–Trinajstić information content (AvgIpc) is 2.17. The van der Waals surface area contributed by atoms with Gasteiger partial charge in [0.15, 0.2) is 0 Å². The predicted molar refractivity (Wildman–Crippen MR) is 65.3 cm³/mol. The Hall–Kier alpha value is -1.27. The van der Waals surface area contributed by atoms with E-state index in [1.54, 1.807) is 12.1 Å². The van der Waals surface area contributed by atoms with Crippen molar-refractivity contribution in [1.29, 1.82) is 0 Å². The molecule has 0 amide bonds. The summed E-state index contributed by atoms with van der Waals surface area (Å²) in [5.41, 5.74) is 1.49. The van der Waals surface area contributed by atoms with E-state index in [2.05, 4.69) is 4.72 Å². The van der Waals surface area contributed by atoms with Crippen molar-refractivity contribution in [2.45, 2.75) is 0 Å². The summed E-state index contributed by atoms with van der Waals surface area (Å²) in [6.45, 7) is -0.384. The molecule has 0 aliphatic carbocycles. The van der Waals surface area contributed by atoms with Crippen LogP contribution in [0.3, 0.4) is 0 Å². The lowest BCUT2D eigenvalue weighted by atomic mass is 10.3. The summed E-state index contributed by atoms with van der Waals surface area (Å²) in [6, 6.07) is 7.00. The molecule has 5 nitrogen and oxygen atoms in total. The molecule has 0 heterocycles. The Balaban J connectivity index is 2.76. The molecule has 0 bridgehead atoms. The van der Waals surface area contributed by atoms with E-state index in [-0.39, 0.29) is 12.4 Å². The van der Waals surface area contributed by atoms with Crippen LogP contribution in [0.4, 0.5) is 11.4 Å². The molecule has 0 aliphatic rings. The SMILES string of the molecule is CN(C)c1ccc(NS(=O)(=O)CCO)cc1. The van der Waals surface area contributed by atoms with Crippen molar-refractivity contribution in [3.8, 4) is 0 Å². The molecule has 16 heavy (non-hydrogen) atoms. The van der Waals surface area contributed by atoms with Crippen molar-refractivity contribution >= 4 is 21.4 Å². The predicted octanol–water partition coefficient (Wildman–Crippen LogP) is 0.487. The fourth-order valence-electron chi connectivity index (χ4n) is 1.18. The zero-order valence-electron chi connectivity index (χ0n) is 9.34. The molecule has 0 saturated heterocycles. The van der Waals surface area contributed by atoms with Gasteiger partial charge in [-0.05, 0) is 24.3 Å². The van der Waals surface area contributed by atoms with Gasteiger partial charge in [-0.25, -0.2) is 8.42 Å². The Morgan fingerprint density at radius 1 is 1.25 bits per heavy atom. The lowest BCUT2D eigenvalue weighted by Gasteiger charge is -2.13. The Morgan fingerprint density at radius 2 is 1.81 bits per heavy atom. The van der Waals surface area contributed by atoms with Crippen LogP contribution in [0.25, 0.3) is 0 Å². The fourth-order valence-corrected chi connectivity index (χ4v) is 2.02. The minimum absolute atomic E-state index is 0.289.